The van der Waals surface area contributed by atoms with Crippen LogP contribution in [0.3, 0.4) is 0 Å². The van der Waals surface area contributed by atoms with E-state index >= 15 is 0 Å². The maximum atomic E-state index is 11.8. The number of hydrogen-bond donors (Lipinski definition) is 3. The number of ether oxygens (including phenoxy) is 1. The molecule has 1 aromatic carbocycles. The van der Waals surface area contributed by atoms with E-state index in [-0.39, 0.29) is 16.5 Å². The molecule has 0 aliphatic heterocycles. The average molecular weight is 323 g/mol. The Morgan fingerprint density at radius 1 is 1.40 bits per heavy atom. The van der Waals surface area contributed by atoms with Crippen molar-refractivity contribution in [1.82, 2.24) is 10.6 Å². The quantitative estimate of drug-likeness (QED) is 0.589. The maximum Gasteiger partial charge on any atom is 0.413 e. The Morgan fingerprint density at radius 3 is 2.65 bits per heavy atom. The molecular weight excluding hydrogens is 305 g/mol. The van der Waals surface area contributed by atoms with E-state index < -0.39 is 31.4 Å². The number of rotatable bonds is 3. The largest absolute Gasteiger partial charge is 0.450 e. The van der Waals surface area contributed by atoms with Gasteiger partial charge in [-0.25, -0.2) is 4.79 Å². The van der Waals surface area contributed by atoms with Crippen LogP contribution in [0.2, 0.25) is 10.0 Å². The van der Waals surface area contributed by atoms with Gasteiger partial charge in [-0.2, -0.15) is 0 Å². The molecule has 1 aromatic rings. The molecule has 3 N–H and O–H groups in total. The summed E-state index contributed by atoms with van der Waals surface area (Å²) in [5.41, 5.74) is 0.317. The van der Waals surface area contributed by atoms with Crippen LogP contribution in [0.15, 0.2) is 18.2 Å². The lowest BCUT2D eigenvalue weighted by Crippen LogP contribution is -2.43. The van der Waals surface area contributed by atoms with E-state index in [1.165, 1.54) is 12.1 Å². The van der Waals surface area contributed by atoms with Crippen LogP contribution < -0.4 is 10.6 Å². The van der Waals surface area contributed by atoms with E-state index in [1.807, 2.05) is 5.32 Å². The first-order chi connectivity index (χ1) is 11.3. The Bertz CT molecular complexity index is 677. The SMILES string of the molecule is [2H]C([2H])([2H])C([2H])([2H])OC(=O)NC(=N)NC(=O)Cc1c(Cl)cccc1Cl. The fourth-order valence-corrected chi connectivity index (χ4v) is 1.78. The van der Waals surface area contributed by atoms with Crippen molar-refractivity contribution in [3.63, 3.8) is 0 Å². The van der Waals surface area contributed by atoms with Gasteiger partial charge in [0.1, 0.15) is 0 Å². The standard InChI is InChI=1S/C12H13Cl2N3O3/c1-2-20-12(19)17-11(15)16-10(18)6-7-8(13)4-3-5-9(7)14/h3-5H,2,6H2,1H3,(H3,15,16,17,18,19)/i1D3,2D2. The summed E-state index contributed by atoms with van der Waals surface area (Å²) in [7, 11) is 0. The fourth-order valence-electron chi connectivity index (χ4n) is 1.25. The summed E-state index contributed by atoms with van der Waals surface area (Å²) in [4.78, 5) is 23.2. The van der Waals surface area contributed by atoms with Crippen molar-refractivity contribution in [1.29, 1.82) is 5.41 Å². The molecule has 108 valence electrons. The lowest BCUT2D eigenvalue weighted by atomic mass is 10.1. The van der Waals surface area contributed by atoms with Crippen molar-refractivity contribution in [2.24, 2.45) is 0 Å². The Labute approximate surface area is 132 Å². The summed E-state index contributed by atoms with van der Waals surface area (Å²) >= 11 is 11.8. The zero-order valence-electron chi connectivity index (χ0n) is 14.9. The minimum atomic E-state index is -3.26. The smallest absolute Gasteiger partial charge is 0.413 e. The van der Waals surface area contributed by atoms with Crippen molar-refractivity contribution in [2.45, 2.75) is 13.3 Å². The summed E-state index contributed by atoms with van der Waals surface area (Å²) in [5.74, 6) is -1.57. The van der Waals surface area contributed by atoms with Crippen molar-refractivity contribution >= 4 is 41.2 Å². The number of benzene rings is 1. The molecule has 0 fully saturated rings. The summed E-state index contributed by atoms with van der Waals surface area (Å²) in [5, 5.41) is 11.6. The highest BCUT2D eigenvalue weighted by Gasteiger charge is 2.13. The van der Waals surface area contributed by atoms with Crippen LogP contribution in [0.4, 0.5) is 4.79 Å². The molecule has 0 heterocycles. The van der Waals surface area contributed by atoms with Crippen LogP contribution in [-0.2, 0) is 16.0 Å². The molecule has 6 nitrogen and oxygen atoms in total. The maximum absolute atomic E-state index is 11.8. The van der Waals surface area contributed by atoms with Gasteiger partial charge in [-0.3, -0.25) is 20.8 Å². The van der Waals surface area contributed by atoms with E-state index in [2.05, 4.69) is 4.74 Å². The van der Waals surface area contributed by atoms with E-state index in [1.54, 1.807) is 11.4 Å². The summed E-state index contributed by atoms with van der Waals surface area (Å²) in [6.07, 6.45) is -1.84. The van der Waals surface area contributed by atoms with Gasteiger partial charge >= 0.3 is 6.09 Å². The fraction of sp³-hybridized carbons (Fsp3) is 0.250. The topological polar surface area (TPSA) is 91.3 Å². The number of alkyl carbamates (subject to hydrolysis) is 1. The third-order valence-corrected chi connectivity index (χ3v) is 2.74. The van der Waals surface area contributed by atoms with Gasteiger partial charge in [0.05, 0.1) is 15.7 Å². The molecule has 0 saturated carbocycles. The van der Waals surface area contributed by atoms with Crippen molar-refractivity contribution in [3.8, 4) is 0 Å². The molecule has 20 heavy (non-hydrogen) atoms. The number of carbonyl (C=O) groups excluding carboxylic acids is 2. The molecule has 0 aliphatic carbocycles. The Hall–Kier alpha value is -1.79. The van der Waals surface area contributed by atoms with Gasteiger partial charge in [-0.05, 0) is 24.5 Å². The minimum Gasteiger partial charge on any atom is -0.450 e. The summed E-state index contributed by atoms with van der Waals surface area (Å²) < 4.78 is 39.0. The molecule has 0 spiro atoms. The Kier molecular flexibility index (Phi) is 3.86. The monoisotopic (exact) mass is 322 g/mol. The van der Waals surface area contributed by atoms with Gasteiger partial charge in [-0.1, -0.05) is 29.3 Å². The number of guanidine groups is 1. The zero-order chi connectivity index (χ0) is 19.4. The highest BCUT2D eigenvalue weighted by Crippen LogP contribution is 2.24. The first-order valence-electron chi connectivity index (χ1n) is 7.65. The first-order valence-corrected chi connectivity index (χ1v) is 5.90. The van der Waals surface area contributed by atoms with Crippen molar-refractivity contribution in [2.75, 3.05) is 6.56 Å². The molecule has 0 atom stereocenters. The van der Waals surface area contributed by atoms with Gasteiger partial charge in [0.15, 0.2) is 0 Å². The van der Waals surface area contributed by atoms with Crippen LogP contribution >= 0.6 is 23.2 Å². The molecule has 1 rings (SSSR count). The highest BCUT2D eigenvalue weighted by atomic mass is 35.5. The number of carbonyl (C=O) groups is 2. The molecule has 8 heteroatoms. The van der Waals surface area contributed by atoms with E-state index in [4.69, 9.17) is 35.5 Å². The van der Waals surface area contributed by atoms with Crippen LogP contribution in [0.5, 0.6) is 0 Å². The molecule has 2 amide bonds. The second-order valence-corrected chi connectivity index (χ2v) is 4.23. The number of nitrogens with one attached hydrogen (secondary N) is 3. The van der Waals surface area contributed by atoms with E-state index in [0.717, 1.165) is 0 Å². The molecule has 0 aromatic heterocycles. The normalized spacial score (nSPS) is 14.8. The van der Waals surface area contributed by atoms with E-state index in [0.29, 0.717) is 5.56 Å². The van der Waals surface area contributed by atoms with E-state index in [9.17, 15) is 9.59 Å². The lowest BCUT2D eigenvalue weighted by molar-refractivity contribution is -0.119. The van der Waals surface area contributed by atoms with Crippen LogP contribution in [0, 0.1) is 5.41 Å². The predicted molar refractivity (Wildman–Crippen MR) is 76.2 cm³/mol. The third kappa shape index (κ3) is 5.07. The predicted octanol–water partition coefficient (Wildman–Crippen LogP) is 2.33. The minimum absolute atomic E-state index is 0.243. The average Bonchev–Trinajstić information content (AvgIpc) is 2.40. The Balaban J connectivity index is 2.59. The third-order valence-electron chi connectivity index (χ3n) is 2.03. The second kappa shape index (κ2) is 7.72. The molecule has 0 aliphatic rings. The number of halogens is 2. The number of hydrogen-bond acceptors (Lipinski definition) is 4. The molecule has 0 unspecified atom stereocenters. The molecular formula is C12H13Cl2N3O3. The van der Waals surface area contributed by atoms with Crippen molar-refractivity contribution < 1.29 is 21.2 Å². The van der Waals surface area contributed by atoms with Gasteiger partial charge < -0.3 is 4.74 Å². The van der Waals surface area contributed by atoms with Gasteiger partial charge in [0.25, 0.3) is 0 Å². The van der Waals surface area contributed by atoms with Gasteiger partial charge in [-0.15, -0.1) is 0 Å². The van der Waals surface area contributed by atoms with Crippen molar-refractivity contribution in [3.05, 3.63) is 33.8 Å². The van der Waals surface area contributed by atoms with Gasteiger partial charge in [0.2, 0.25) is 11.9 Å². The summed E-state index contributed by atoms with van der Waals surface area (Å²) in [6, 6.07) is 4.63. The van der Waals surface area contributed by atoms with Gasteiger partial charge in [0, 0.05) is 14.2 Å². The second-order valence-electron chi connectivity index (χ2n) is 3.42. The molecule has 0 saturated heterocycles. The zero-order valence-corrected chi connectivity index (χ0v) is 11.4. The highest BCUT2D eigenvalue weighted by molar-refractivity contribution is 6.36. The summed E-state index contributed by atoms with van der Waals surface area (Å²) in [6.45, 7) is -6.47. The molecule has 0 bridgehead atoms. The lowest BCUT2D eigenvalue weighted by Gasteiger charge is -2.09. The number of amides is 2. The van der Waals surface area contributed by atoms with Crippen LogP contribution in [0.1, 0.15) is 19.3 Å². The van der Waals surface area contributed by atoms with Crippen LogP contribution in [-0.4, -0.2) is 24.5 Å². The Morgan fingerprint density at radius 2 is 2.05 bits per heavy atom. The van der Waals surface area contributed by atoms with Crippen LogP contribution in [0.25, 0.3) is 0 Å². The molecule has 0 radical (unpaired) electrons. The first kappa shape index (κ1) is 10.0.